The van der Waals surface area contributed by atoms with Gasteiger partial charge in [0, 0.05) is 17.3 Å². The average molecular weight is 465 g/mol. The largest absolute Gasteiger partial charge is 0.490 e. The zero-order chi connectivity index (χ0) is 19.9. The predicted molar refractivity (Wildman–Crippen MR) is 115 cm³/mol. The van der Waals surface area contributed by atoms with E-state index in [9.17, 15) is 4.39 Å². The quantitative estimate of drug-likeness (QED) is 0.396. The van der Waals surface area contributed by atoms with Crippen LogP contribution in [0.2, 0.25) is 5.02 Å². The van der Waals surface area contributed by atoms with E-state index in [1.54, 1.807) is 6.07 Å². The molecule has 0 radical (unpaired) electrons. The Morgan fingerprint density at radius 3 is 2.57 bits per heavy atom. The summed E-state index contributed by atoms with van der Waals surface area (Å²) in [4.78, 5) is 0. The van der Waals surface area contributed by atoms with Gasteiger partial charge in [0.05, 0.1) is 11.1 Å². The highest BCUT2D eigenvalue weighted by molar-refractivity contribution is 9.10. The highest BCUT2D eigenvalue weighted by atomic mass is 79.9. The van der Waals surface area contributed by atoms with E-state index < -0.39 is 0 Å². The molecule has 3 aromatic carbocycles. The number of hydrogen-bond donors (Lipinski definition) is 1. The van der Waals surface area contributed by atoms with Crippen molar-refractivity contribution in [1.82, 2.24) is 0 Å². The summed E-state index contributed by atoms with van der Waals surface area (Å²) >= 11 is 9.59. The summed E-state index contributed by atoms with van der Waals surface area (Å²) in [5, 5.41) is 4.02. The van der Waals surface area contributed by atoms with Crippen LogP contribution in [-0.2, 0) is 13.2 Å². The molecule has 0 saturated carbocycles. The van der Waals surface area contributed by atoms with Gasteiger partial charge in [0.15, 0.2) is 11.5 Å². The maximum atomic E-state index is 13.4. The molecule has 1 N–H and O–H groups in total. The summed E-state index contributed by atoms with van der Waals surface area (Å²) < 4.78 is 25.8. The first-order valence-corrected chi connectivity index (χ1v) is 10.0. The normalized spacial score (nSPS) is 10.6. The van der Waals surface area contributed by atoms with Crippen LogP contribution in [0, 0.1) is 5.82 Å². The van der Waals surface area contributed by atoms with E-state index in [0.717, 1.165) is 21.3 Å². The number of rotatable bonds is 8. The third-order valence-electron chi connectivity index (χ3n) is 3.96. The molecule has 3 nitrogen and oxygen atoms in total. The molecule has 0 saturated heterocycles. The molecule has 28 heavy (non-hydrogen) atoms. The van der Waals surface area contributed by atoms with Crippen molar-refractivity contribution in [1.29, 1.82) is 0 Å². The number of ether oxygens (including phenoxy) is 2. The molecule has 146 valence electrons. The highest BCUT2D eigenvalue weighted by Gasteiger charge is 2.13. The smallest absolute Gasteiger partial charge is 0.175 e. The van der Waals surface area contributed by atoms with Gasteiger partial charge in [-0.25, -0.2) is 4.39 Å². The first-order valence-electron chi connectivity index (χ1n) is 8.87. The number of hydrogen-bond acceptors (Lipinski definition) is 3. The van der Waals surface area contributed by atoms with Gasteiger partial charge in [-0.1, -0.05) is 29.8 Å². The van der Waals surface area contributed by atoms with E-state index in [1.807, 2.05) is 49.4 Å². The highest BCUT2D eigenvalue weighted by Crippen LogP contribution is 2.37. The lowest BCUT2D eigenvalue weighted by molar-refractivity contribution is 0.267. The van der Waals surface area contributed by atoms with Crippen molar-refractivity contribution in [3.63, 3.8) is 0 Å². The Morgan fingerprint density at radius 1 is 1.00 bits per heavy atom. The number of anilines is 1. The third-order valence-corrected chi connectivity index (χ3v) is 4.79. The molecule has 0 aliphatic rings. The molecule has 0 aliphatic heterocycles. The molecule has 0 aromatic heterocycles. The van der Waals surface area contributed by atoms with Crippen molar-refractivity contribution in [2.75, 3.05) is 11.9 Å². The van der Waals surface area contributed by atoms with Crippen LogP contribution >= 0.6 is 27.5 Å². The fourth-order valence-electron chi connectivity index (χ4n) is 2.71. The van der Waals surface area contributed by atoms with E-state index in [2.05, 4.69) is 21.2 Å². The van der Waals surface area contributed by atoms with Gasteiger partial charge in [-0.3, -0.25) is 0 Å². The lowest BCUT2D eigenvalue weighted by atomic mass is 10.2. The van der Waals surface area contributed by atoms with E-state index in [-0.39, 0.29) is 12.4 Å². The van der Waals surface area contributed by atoms with E-state index in [4.69, 9.17) is 21.1 Å². The fraction of sp³-hybridized carbons (Fsp3) is 0.182. The average Bonchev–Trinajstić information content (AvgIpc) is 2.66. The summed E-state index contributed by atoms with van der Waals surface area (Å²) in [7, 11) is 0. The molecular formula is C22H20BrClFNO2. The molecule has 0 aliphatic carbocycles. The Balaban J connectivity index is 1.75. The van der Waals surface area contributed by atoms with Crippen molar-refractivity contribution in [3.8, 4) is 11.5 Å². The molecule has 0 atom stereocenters. The van der Waals surface area contributed by atoms with Gasteiger partial charge in [-0.2, -0.15) is 0 Å². The number of halogens is 3. The molecule has 0 heterocycles. The molecular weight excluding hydrogens is 445 g/mol. The van der Waals surface area contributed by atoms with Crippen molar-refractivity contribution >= 4 is 33.2 Å². The van der Waals surface area contributed by atoms with Gasteiger partial charge in [0.2, 0.25) is 0 Å². The first-order chi connectivity index (χ1) is 13.5. The molecule has 0 spiro atoms. The maximum absolute atomic E-state index is 13.4. The minimum absolute atomic E-state index is 0.247. The Labute approximate surface area is 177 Å². The summed E-state index contributed by atoms with van der Waals surface area (Å²) in [5.41, 5.74) is 2.71. The molecule has 0 fully saturated rings. The summed E-state index contributed by atoms with van der Waals surface area (Å²) in [5.74, 6) is 0.946. The summed E-state index contributed by atoms with van der Waals surface area (Å²) in [6.45, 7) is 3.27. The van der Waals surface area contributed by atoms with Crippen molar-refractivity contribution < 1.29 is 13.9 Å². The Kier molecular flexibility index (Phi) is 7.18. The molecule has 3 rings (SSSR count). The van der Waals surface area contributed by atoms with Gasteiger partial charge in [0.1, 0.15) is 12.4 Å². The minimum Gasteiger partial charge on any atom is -0.490 e. The maximum Gasteiger partial charge on any atom is 0.175 e. The van der Waals surface area contributed by atoms with Crippen LogP contribution in [0.4, 0.5) is 10.1 Å². The molecule has 0 amide bonds. The van der Waals surface area contributed by atoms with Crippen LogP contribution in [-0.4, -0.2) is 6.61 Å². The lowest BCUT2D eigenvalue weighted by Gasteiger charge is -2.16. The first kappa shape index (κ1) is 20.5. The third kappa shape index (κ3) is 5.63. The van der Waals surface area contributed by atoms with Crippen LogP contribution in [0.1, 0.15) is 18.1 Å². The van der Waals surface area contributed by atoms with Crippen molar-refractivity contribution in [3.05, 3.63) is 87.1 Å². The van der Waals surface area contributed by atoms with Gasteiger partial charge < -0.3 is 14.8 Å². The zero-order valence-electron chi connectivity index (χ0n) is 15.3. The second-order valence-corrected chi connectivity index (χ2v) is 7.41. The van der Waals surface area contributed by atoms with Gasteiger partial charge >= 0.3 is 0 Å². The Bertz CT molecular complexity index is 952. The molecule has 0 bridgehead atoms. The second kappa shape index (κ2) is 9.80. The fourth-order valence-corrected chi connectivity index (χ4v) is 3.51. The molecule has 6 heteroatoms. The van der Waals surface area contributed by atoms with Gasteiger partial charge in [-0.15, -0.1) is 0 Å². The number of nitrogens with one attached hydrogen (secondary N) is 1. The molecule has 0 unspecified atom stereocenters. The summed E-state index contributed by atoms with van der Waals surface area (Å²) in [6.07, 6.45) is 0. The van der Waals surface area contributed by atoms with Crippen molar-refractivity contribution in [2.45, 2.75) is 20.1 Å². The zero-order valence-corrected chi connectivity index (χ0v) is 17.7. The van der Waals surface area contributed by atoms with E-state index in [0.29, 0.717) is 29.7 Å². The van der Waals surface area contributed by atoms with Gasteiger partial charge in [0.25, 0.3) is 0 Å². The van der Waals surface area contributed by atoms with E-state index in [1.165, 1.54) is 12.1 Å². The van der Waals surface area contributed by atoms with Crippen LogP contribution < -0.4 is 14.8 Å². The van der Waals surface area contributed by atoms with E-state index >= 15 is 0 Å². The van der Waals surface area contributed by atoms with Gasteiger partial charge in [-0.05, 0) is 76.4 Å². The van der Waals surface area contributed by atoms with Crippen LogP contribution in [0.5, 0.6) is 11.5 Å². The predicted octanol–water partition coefficient (Wildman–Crippen LogP) is 6.83. The van der Waals surface area contributed by atoms with Crippen LogP contribution in [0.25, 0.3) is 0 Å². The molecule has 3 aromatic rings. The Morgan fingerprint density at radius 2 is 1.82 bits per heavy atom. The SMILES string of the molecule is CCOc1cc(CNc2cccc(Cl)c2)cc(Br)c1OCc1cccc(F)c1. The van der Waals surface area contributed by atoms with Crippen LogP contribution in [0.15, 0.2) is 65.1 Å². The summed E-state index contributed by atoms with van der Waals surface area (Å²) in [6, 6.07) is 17.8. The lowest BCUT2D eigenvalue weighted by Crippen LogP contribution is -2.04. The Hall–Kier alpha value is -2.24. The van der Waals surface area contributed by atoms with Crippen molar-refractivity contribution in [2.24, 2.45) is 0 Å². The number of benzene rings is 3. The second-order valence-electron chi connectivity index (χ2n) is 6.12. The monoisotopic (exact) mass is 463 g/mol. The topological polar surface area (TPSA) is 30.5 Å². The van der Waals surface area contributed by atoms with Crippen LogP contribution in [0.3, 0.4) is 0 Å². The standard InChI is InChI=1S/C22H20BrClFNO2/c1-2-27-21-11-16(13-26-19-8-4-6-17(24)12-19)10-20(23)22(21)28-14-15-5-3-7-18(25)9-15/h3-12,26H,2,13-14H2,1H3. The minimum atomic E-state index is -0.285.